The van der Waals surface area contributed by atoms with Gasteiger partial charge < -0.3 is 9.05 Å². The van der Waals surface area contributed by atoms with E-state index in [-0.39, 0.29) is 0 Å². The number of hydrogen-bond donors (Lipinski definition) is 0. The zero-order valence-electron chi connectivity index (χ0n) is 5.46. The third-order valence-electron chi connectivity index (χ3n) is 1.12. The van der Waals surface area contributed by atoms with Crippen molar-refractivity contribution >= 4 is 0 Å². The minimum atomic E-state index is -1.26. The first kappa shape index (κ1) is 6.58. The highest BCUT2D eigenvalue weighted by Gasteiger charge is 2.04. The van der Waals surface area contributed by atoms with Crippen LogP contribution in [0.5, 0.6) is 0 Å². The van der Waals surface area contributed by atoms with Crippen LogP contribution in [0.3, 0.4) is 0 Å². The lowest BCUT2D eigenvalue weighted by Crippen LogP contribution is -2.29. The summed E-state index contributed by atoms with van der Waals surface area (Å²) in [5.74, 6) is 0. The van der Waals surface area contributed by atoms with E-state index in [1.54, 1.807) is 0 Å². The predicted molar refractivity (Wildman–Crippen MR) is 32.0 cm³/mol. The first-order valence-corrected chi connectivity index (χ1v) is 2.80. The zero-order valence-corrected chi connectivity index (χ0v) is 5.46. The minimum absolute atomic E-state index is 0.420. The highest BCUT2D eigenvalue weighted by molar-refractivity contribution is 4.60. The number of hydrogen-bond acceptors (Lipinski definition) is 6. The Morgan fingerprint density at radius 2 is 1.83 bits per heavy atom. The van der Waals surface area contributed by atoms with Gasteiger partial charge in [-0.3, -0.25) is 0 Å². The SMILES string of the molecule is O=c1on2cnc(=O)n2oc1=O. The Labute approximate surface area is 62.2 Å². The molecule has 0 fully saturated rings. The molecule has 0 N–H and O–H groups in total. The van der Waals surface area contributed by atoms with E-state index in [0.717, 1.165) is 6.33 Å². The molecule has 12 heavy (non-hydrogen) atoms. The van der Waals surface area contributed by atoms with E-state index < -0.39 is 16.9 Å². The van der Waals surface area contributed by atoms with Gasteiger partial charge in [-0.05, 0) is 4.69 Å². The topological polar surface area (TPSA) is 99.2 Å². The Bertz CT molecular complexity index is 583. The largest absolute Gasteiger partial charge is 0.445 e. The van der Waals surface area contributed by atoms with E-state index in [4.69, 9.17) is 0 Å². The molecule has 0 aliphatic rings. The number of aromatic nitrogens is 3. The number of nitrogens with zero attached hydrogens (tertiary/aromatic N) is 3. The first-order chi connectivity index (χ1) is 5.68. The van der Waals surface area contributed by atoms with Crippen LogP contribution in [0.15, 0.2) is 29.8 Å². The maximum atomic E-state index is 10.7. The van der Waals surface area contributed by atoms with Gasteiger partial charge in [0.25, 0.3) is 0 Å². The van der Waals surface area contributed by atoms with E-state index in [1.807, 2.05) is 0 Å². The molecule has 0 spiro atoms. The quantitative estimate of drug-likeness (QED) is 0.413. The van der Waals surface area contributed by atoms with Crippen molar-refractivity contribution in [2.45, 2.75) is 0 Å². The van der Waals surface area contributed by atoms with Crippen LogP contribution in [0, 0.1) is 0 Å². The molecular weight excluding hydrogens is 170 g/mol. The number of rotatable bonds is 0. The molecule has 2 aromatic rings. The van der Waals surface area contributed by atoms with Crippen LogP contribution in [0.4, 0.5) is 0 Å². The maximum Gasteiger partial charge on any atom is 0.445 e. The van der Waals surface area contributed by atoms with Crippen LogP contribution in [-0.4, -0.2) is 14.4 Å². The van der Waals surface area contributed by atoms with E-state index in [9.17, 15) is 14.4 Å². The lowest BCUT2D eigenvalue weighted by molar-refractivity contribution is 0.118. The van der Waals surface area contributed by atoms with Crippen molar-refractivity contribution in [3.8, 4) is 0 Å². The van der Waals surface area contributed by atoms with Crippen LogP contribution in [0.2, 0.25) is 0 Å². The van der Waals surface area contributed by atoms with Gasteiger partial charge in [0.15, 0.2) is 6.33 Å². The van der Waals surface area contributed by atoms with Gasteiger partial charge >= 0.3 is 16.9 Å². The van der Waals surface area contributed by atoms with Gasteiger partial charge in [0.2, 0.25) is 0 Å². The van der Waals surface area contributed by atoms with Gasteiger partial charge in [-0.1, -0.05) is 4.69 Å². The van der Waals surface area contributed by atoms with Crippen LogP contribution in [0.25, 0.3) is 0 Å². The standard InChI is InChI=1S/C4HN3O5/c8-2-3(9)12-7-4(10)5-1-6(7)11-2/h1H. The Morgan fingerprint density at radius 1 is 1.17 bits per heavy atom. The molecule has 0 saturated carbocycles. The smallest absolute Gasteiger partial charge is 0.304 e. The fraction of sp³-hybridized carbons (Fsp3) is 0. The minimum Gasteiger partial charge on any atom is -0.304 e. The fourth-order valence-corrected chi connectivity index (χ4v) is 0.657. The third-order valence-corrected chi connectivity index (χ3v) is 1.12. The lowest BCUT2D eigenvalue weighted by atomic mass is 11.0. The molecule has 0 aliphatic heterocycles. The third kappa shape index (κ3) is 0.713. The highest BCUT2D eigenvalue weighted by Crippen LogP contribution is 1.71. The van der Waals surface area contributed by atoms with Crippen molar-refractivity contribution < 1.29 is 9.05 Å². The monoisotopic (exact) mass is 171 g/mol. The van der Waals surface area contributed by atoms with Gasteiger partial charge in [-0.15, -0.1) is 0 Å². The van der Waals surface area contributed by atoms with Crippen molar-refractivity contribution in [2.24, 2.45) is 0 Å². The van der Waals surface area contributed by atoms with Gasteiger partial charge in [0.1, 0.15) is 0 Å². The molecule has 8 nitrogen and oxygen atoms in total. The summed E-state index contributed by atoms with van der Waals surface area (Å²) >= 11 is 0. The second-order valence-corrected chi connectivity index (χ2v) is 1.86. The lowest BCUT2D eigenvalue weighted by Gasteiger charge is -1.86. The normalized spacial score (nSPS) is 10.7. The molecule has 0 aromatic carbocycles. The molecule has 2 heterocycles. The Hall–Kier alpha value is -2.12. The second kappa shape index (κ2) is 1.94. The first-order valence-electron chi connectivity index (χ1n) is 2.80. The molecule has 2 rings (SSSR count). The average molecular weight is 171 g/mol. The molecule has 0 unspecified atom stereocenters. The molecular formula is C4HN3O5. The van der Waals surface area contributed by atoms with Crippen molar-refractivity contribution in [1.82, 2.24) is 14.4 Å². The highest BCUT2D eigenvalue weighted by atomic mass is 16.6. The summed E-state index contributed by atoms with van der Waals surface area (Å²) in [4.78, 5) is 34.9. The van der Waals surface area contributed by atoms with E-state index in [1.165, 1.54) is 0 Å². The summed E-state index contributed by atoms with van der Waals surface area (Å²) < 4.78 is 9.51. The van der Waals surface area contributed by atoms with Crippen molar-refractivity contribution in [3.63, 3.8) is 0 Å². The van der Waals surface area contributed by atoms with Gasteiger partial charge in [0.05, 0.1) is 0 Å². The Kier molecular flexibility index (Phi) is 1.06. The fourth-order valence-electron chi connectivity index (χ4n) is 0.657. The molecule has 0 saturated heterocycles. The van der Waals surface area contributed by atoms with Gasteiger partial charge in [0, 0.05) is 0 Å². The van der Waals surface area contributed by atoms with E-state index in [2.05, 4.69) is 14.0 Å². The molecule has 0 bridgehead atoms. The van der Waals surface area contributed by atoms with Crippen LogP contribution < -0.4 is 16.9 Å². The second-order valence-electron chi connectivity index (χ2n) is 1.86. The summed E-state index contributed by atoms with van der Waals surface area (Å²) in [5.41, 5.74) is -3.30. The molecule has 8 heteroatoms. The van der Waals surface area contributed by atoms with Crippen LogP contribution >= 0.6 is 0 Å². The van der Waals surface area contributed by atoms with Crippen molar-refractivity contribution in [2.75, 3.05) is 0 Å². The molecule has 0 amide bonds. The molecule has 0 radical (unpaired) electrons. The van der Waals surface area contributed by atoms with Gasteiger partial charge in [-0.2, -0.15) is 4.98 Å². The zero-order chi connectivity index (χ0) is 8.72. The molecule has 0 atom stereocenters. The van der Waals surface area contributed by atoms with Crippen molar-refractivity contribution in [1.29, 1.82) is 0 Å². The maximum absolute atomic E-state index is 10.7. The molecule has 62 valence electrons. The molecule has 0 aliphatic carbocycles. The van der Waals surface area contributed by atoms with Crippen LogP contribution in [-0.2, 0) is 0 Å². The number of fused-ring (bicyclic) bond motifs is 1. The predicted octanol–water partition coefficient (Wildman–Crippen LogP) is -2.30. The average Bonchev–Trinajstić information content (AvgIpc) is 2.35. The Balaban J connectivity index is 3.17. The summed E-state index contributed by atoms with van der Waals surface area (Å²) in [5, 5.41) is 0. The van der Waals surface area contributed by atoms with E-state index in [0.29, 0.717) is 9.38 Å². The van der Waals surface area contributed by atoms with Gasteiger partial charge in [-0.25, -0.2) is 14.4 Å². The summed E-state index contributed by atoms with van der Waals surface area (Å²) in [6.07, 6.45) is 0.909. The van der Waals surface area contributed by atoms with Crippen molar-refractivity contribution in [3.05, 3.63) is 37.7 Å². The van der Waals surface area contributed by atoms with Crippen LogP contribution in [0.1, 0.15) is 0 Å². The Morgan fingerprint density at radius 3 is 2.58 bits per heavy atom. The molecule has 2 aromatic heterocycles. The summed E-state index contributed by atoms with van der Waals surface area (Å²) in [7, 11) is 0. The van der Waals surface area contributed by atoms with E-state index >= 15 is 0 Å². The summed E-state index contributed by atoms with van der Waals surface area (Å²) in [6.45, 7) is 0. The summed E-state index contributed by atoms with van der Waals surface area (Å²) in [6, 6.07) is 0.